The molecule has 0 fully saturated rings. The Morgan fingerprint density at radius 3 is 2.50 bits per heavy atom. The van der Waals surface area contributed by atoms with Crippen molar-refractivity contribution in [3.05, 3.63) is 75.1 Å². The lowest BCUT2D eigenvalue weighted by molar-refractivity contribution is -0.384. The average molecular weight is 334 g/mol. The predicted octanol–water partition coefficient (Wildman–Crippen LogP) is 2.23. The number of nitrogens with one attached hydrogen (secondary N) is 1. The molecule has 2 aromatic rings. The lowest BCUT2D eigenvalue weighted by atomic mass is 10.0. The van der Waals surface area contributed by atoms with Crippen LogP contribution in [-0.2, 0) is 6.54 Å². The van der Waals surface area contributed by atoms with Crippen molar-refractivity contribution in [3.63, 3.8) is 0 Å². The molecule has 0 aliphatic heterocycles. The van der Waals surface area contributed by atoms with Crippen LogP contribution in [0.4, 0.5) is 10.1 Å². The van der Waals surface area contributed by atoms with Gasteiger partial charge >= 0.3 is 0 Å². The Bertz CT molecular complexity index is 706. The first-order valence-electron chi connectivity index (χ1n) is 7.44. The Hall–Kier alpha value is -2.35. The van der Waals surface area contributed by atoms with E-state index in [1.807, 2.05) is 6.92 Å². The van der Waals surface area contributed by atoms with Crippen LogP contribution in [0.1, 0.15) is 22.8 Å². The molecule has 0 spiro atoms. The molecule has 3 N–H and O–H groups in total. The van der Waals surface area contributed by atoms with Gasteiger partial charge in [-0.3, -0.25) is 10.1 Å². The van der Waals surface area contributed by atoms with Crippen LogP contribution in [0.25, 0.3) is 0 Å². The van der Waals surface area contributed by atoms with Crippen LogP contribution in [-0.4, -0.2) is 27.8 Å². The lowest BCUT2D eigenvalue weighted by Gasteiger charge is -2.23. The fourth-order valence-corrected chi connectivity index (χ4v) is 2.38. The van der Waals surface area contributed by atoms with Crippen molar-refractivity contribution in [2.24, 2.45) is 0 Å². The van der Waals surface area contributed by atoms with Crippen molar-refractivity contribution in [1.82, 2.24) is 5.32 Å². The molecule has 0 aliphatic rings. The third-order valence-electron chi connectivity index (χ3n) is 3.78. The highest BCUT2D eigenvalue weighted by atomic mass is 19.1. The molecule has 0 radical (unpaired) electrons. The number of benzene rings is 2. The summed E-state index contributed by atoms with van der Waals surface area (Å²) in [7, 11) is 0. The van der Waals surface area contributed by atoms with Gasteiger partial charge in [-0.2, -0.15) is 0 Å². The van der Waals surface area contributed by atoms with Gasteiger partial charge in [0, 0.05) is 24.2 Å². The van der Waals surface area contributed by atoms with Crippen molar-refractivity contribution in [2.75, 3.05) is 6.61 Å². The minimum atomic E-state index is -1.08. The van der Waals surface area contributed by atoms with E-state index in [1.54, 1.807) is 12.1 Å². The van der Waals surface area contributed by atoms with Gasteiger partial charge in [-0.1, -0.05) is 17.7 Å². The van der Waals surface area contributed by atoms with Gasteiger partial charge < -0.3 is 15.5 Å². The Morgan fingerprint density at radius 1 is 1.25 bits per heavy atom. The molecule has 2 aromatic carbocycles. The second-order valence-electron chi connectivity index (χ2n) is 5.56. The van der Waals surface area contributed by atoms with Crippen LogP contribution >= 0.6 is 0 Å². The summed E-state index contributed by atoms with van der Waals surface area (Å²) < 4.78 is 13.7. The van der Waals surface area contributed by atoms with E-state index < -0.39 is 17.1 Å². The van der Waals surface area contributed by atoms with E-state index in [9.17, 15) is 24.7 Å². The molecule has 24 heavy (non-hydrogen) atoms. The Balaban J connectivity index is 2.07. The summed E-state index contributed by atoms with van der Waals surface area (Å²) in [6.45, 7) is 1.62. The zero-order valence-electron chi connectivity index (χ0n) is 13.1. The number of nitrogens with zero attached hydrogens (tertiary/aromatic N) is 1. The third kappa shape index (κ3) is 4.35. The molecule has 0 bridgehead atoms. The number of aryl methyl sites for hydroxylation is 1. The summed E-state index contributed by atoms with van der Waals surface area (Å²) in [6, 6.07) is 9.42. The SMILES string of the molecule is Cc1ccc(F)c(CN[C@@H](CO)[C@H](O)c2ccc([N+](=O)[O-])cc2)c1. The van der Waals surface area contributed by atoms with Crippen molar-refractivity contribution in [2.45, 2.75) is 25.6 Å². The number of aliphatic hydroxyl groups excluding tert-OH is 2. The molecule has 0 amide bonds. The Kier molecular flexibility index (Phi) is 5.97. The number of halogens is 1. The normalized spacial score (nSPS) is 13.5. The van der Waals surface area contributed by atoms with E-state index >= 15 is 0 Å². The number of hydrogen-bond donors (Lipinski definition) is 3. The van der Waals surface area contributed by atoms with E-state index in [-0.39, 0.29) is 24.7 Å². The zero-order valence-corrected chi connectivity index (χ0v) is 13.1. The maximum Gasteiger partial charge on any atom is 0.269 e. The zero-order chi connectivity index (χ0) is 17.7. The van der Waals surface area contributed by atoms with Crippen LogP contribution in [0.5, 0.6) is 0 Å². The maximum atomic E-state index is 13.7. The molecule has 0 heterocycles. The van der Waals surface area contributed by atoms with Crippen molar-refractivity contribution in [3.8, 4) is 0 Å². The van der Waals surface area contributed by atoms with E-state index in [0.717, 1.165) is 5.56 Å². The molecular weight excluding hydrogens is 315 g/mol. The summed E-state index contributed by atoms with van der Waals surface area (Å²) in [4.78, 5) is 10.1. The molecule has 0 aliphatic carbocycles. The first kappa shape index (κ1) is 18.0. The van der Waals surface area contributed by atoms with E-state index in [0.29, 0.717) is 11.1 Å². The molecular formula is C17H19FN2O4. The maximum absolute atomic E-state index is 13.7. The number of hydrogen-bond acceptors (Lipinski definition) is 5. The van der Waals surface area contributed by atoms with Gasteiger partial charge in [-0.15, -0.1) is 0 Å². The quantitative estimate of drug-likeness (QED) is 0.533. The highest BCUT2D eigenvalue weighted by Gasteiger charge is 2.21. The highest BCUT2D eigenvalue weighted by molar-refractivity contribution is 5.34. The Labute approximate surface area is 138 Å². The molecule has 6 nitrogen and oxygen atoms in total. The fraction of sp³-hybridized carbons (Fsp3) is 0.294. The van der Waals surface area contributed by atoms with Crippen LogP contribution in [0.15, 0.2) is 42.5 Å². The molecule has 7 heteroatoms. The number of rotatable bonds is 7. The molecule has 2 rings (SSSR count). The van der Waals surface area contributed by atoms with Crippen LogP contribution in [0.2, 0.25) is 0 Å². The van der Waals surface area contributed by atoms with Gasteiger partial charge in [0.15, 0.2) is 0 Å². The molecule has 0 unspecified atom stereocenters. The fourth-order valence-electron chi connectivity index (χ4n) is 2.38. The summed E-state index contributed by atoms with van der Waals surface area (Å²) in [5.74, 6) is -0.366. The van der Waals surface area contributed by atoms with Gasteiger partial charge in [0.25, 0.3) is 5.69 Å². The minimum absolute atomic E-state index is 0.0821. The minimum Gasteiger partial charge on any atom is -0.395 e. The van der Waals surface area contributed by atoms with E-state index in [1.165, 1.54) is 30.3 Å². The molecule has 0 saturated heterocycles. The second-order valence-corrected chi connectivity index (χ2v) is 5.56. The van der Waals surface area contributed by atoms with Crippen molar-refractivity contribution in [1.29, 1.82) is 0 Å². The second kappa shape index (κ2) is 7.96. The monoisotopic (exact) mass is 334 g/mol. The number of non-ortho nitro benzene ring substituents is 1. The van der Waals surface area contributed by atoms with Crippen LogP contribution in [0, 0.1) is 22.9 Å². The smallest absolute Gasteiger partial charge is 0.269 e. The number of nitro groups is 1. The largest absolute Gasteiger partial charge is 0.395 e. The van der Waals surface area contributed by atoms with Gasteiger partial charge in [-0.05, 0) is 30.7 Å². The van der Waals surface area contributed by atoms with Crippen LogP contribution in [0.3, 0.4) is 0 Å². The average Bonchev–Trinajstić information content (AvgIpc) is 2.58. The first-order chi connectivity index (χ1) is 11.4. The van der Waals surface area contributed by atoms with Crippen molar-refractivity contribution >= 4 is 5.69 Å². The summed E-state index contributed by atoms with van der Waals surface area (Å²) in [5.41, 5.74) is 1.69. The first-order valence-corrected chi connectivity index (χ1v) is 7.44. The third-order valence-corrected chi connectivity index (χ3v) is 3.78. The van der Waals surface area contributed by atoms with Gasteiger partial charge in [0.05, 0.1) is 23.7 Å². The lowest BCUT2D eigenvalue weighted by Crippen LogP contribution is -2.37. The molecule has 0 aromatic heterocycles. The standard InChI is InChI=1S/C17H19FN2O4/c1-11-2-7-15(18)13(8-11)9-19-16(10-21)17(22)12-3-5-14(6-4-12)20(23)24/h2-8,16-17,19,21-22H,9-10H2,1H3/t16-,17+/m0/s1. The summed E-state index contributed by atoms with van der Waals surface area (Å²) in [6.07, 6.45) is -1.08. The van der Waals surface area contributed by atoms with E-state index in [4.69, 9.17) is 0 Å². The summed E-state index contributed by atoms with van der Waals surface area (Å²) in [5, 5.41) is 33.4. The number of nitro benzene ring substituents is 1. The highest BCUT2D eigenvalue weighted by Crippen LogP contribution is 2.21. The van der Waals surface area contributed by atoms with Gasteiger partial charge in [0.2, 0.25) is 0 Å². The molecule has 128 valence electrons. The molecule has 0 saturated carbocycles. The van der Waals surface area contributed by atoms with Crippen LogP contribution < -0.4 is 5.32 Å². The Morgan fingerprint density at radius 2 is 1.92 bits per heavy atom. The van der Waals surface area contributed by atoms with Crippen molar-refractivity contribution < 1.29 is 19.5 Å². The molecule has 2 atom stereocenters. The van der Waals surface area contributed by atoms with Gasteiger partial charge in [0.1, 0.15) is 5.82 Å². The number of aliphatic hydroxyl groups is 2. The van der Waals surface area contributed by atoms with E-state index in [2.05, 4.69) is 5.32 Å². The topological polar surface area (TPSA) is 95.6 Å². The summed E-state index contributed by atoms with van der Waals surface area (Å²) >= 11 is 0. The predicted molar refractivity (Wildman–Crippen MR) is 86.9 cm³/mol. The van der Waals surface area contributed by atoms with Gasteiger partial charge in [-0.25, -0.2) is 4.39 Å².